The highest BCUT2D eigenvalue weighted by Crippen LogP contribution is 2.31. The van der Waals surface area contributed by atoms with Crippen molar-refractivity contribution in [1.29, 1.82) is 0 Å². The van der Waals surface area contributed by atoms with E-state index in [1.54, 1.807) is 6.07 Å². The molecule has 0 aliphatic carbocycles. The van der Waals surface area contributed by atoms with E-state index in [9.17, 15) is 9.18 Å². The second kappa shape index (κ2) is 7.55. The Balaban J connectivity index is 2.04. The summed E-state index contributed by atoms with van der Waals surface area (Å²) < 4.78 is 14.0. The normalized spacial score (nSPS) is 21.1. The van der Waals surface area contributed by atoms with Gasteiger partial charge in [0.25, 0.3) is 0 Å². The maximum atomic E-state index is 14.0. The summed E-state index contributed by atoms with van der Waals surface area (Å²) in [4.78, 5) is 13.0. The molecule has 1 saturated heterocycles. The number of nitrogens with zero attached hydrogens (tertiary/aromatic N) is 1. The lowest BCUT2D eigenvalue weighted by atomic mass is 9.90. The smallest absolute Gasteiger partial charge is 0.303 e. The molecular formula is C17H24FNO2. The fourth-order valence-electron chi connectivity index (χ4n) is 3.36. The van der Waals surface area contributed by atoms with Gasteiger partial charge in [-0.15, -0.1) is 0 Å². The summed E-state index contributed by atoms with van der Waals surface area (Å²) in [5.41, 5.74) is 0.763. The second-order valence-electron chi connectivity index (χ2n) is 5.88. The van der Waals surface area contributed by atoms with E-state index < -0.39 is 5.97 Å². The van der Waals surface area contributed by atoms with Crippen LogP contribution < -0.4 is 0 Å². The average Bonchev–Trinajstić information content (AvgIpc) is 2.48. The first kappa shape index (κ1) is 16.0. The number of halogens is 1. The lowest BCUT2D eigenvalue weighted by Crippen LogP contribution is -2.38. The third-order valence-corrected chi connectivity index (χ3v) is 4.41. The fourth-order valence-corrected chi connectivity index (χ4v) is 3.36. The highest BCUT2D eigenvalue weighted by molar-refractivity contribution is 5.66. The van der Waals surface area contributed by atoms with Gasteiger partial charge in [0.1, 0.15) is 5.82 Å². The Hall–Kier alpha value is -1.42. The number of rotatable bonds is 6. The highest BCUT2D eigenvalue weighted by Gasteiger charge is 2.27. The van der Waals surface area contributed by atoms with Crippen molar-refractivity contribution in [3.8, 4) is 0 Å². The van der Waals surface area contributed by atoms with E-state index in [0.717, 1.165) is 44.3 Å². The molecular weight excluding hydrogens is 269 g/mol. The van der Waals surface area contributed by atoms with Gasteiger partial charge < -0.3 is 5.11 Å². The standard InChI is InChI=1S/C17H24FNO2/c1-2-16(14-7-3-4-8-15(14)18)19-11-5-6-13(12-19)9-10-17(20)21/h3-4,7-8,13,16H,2,5-6,9-12H2,1H3,(H,20,21). The number of aliphatic carboxylic acids is 1. The van der Waals surface area contributed by atoms with Crippen molar-refractivity contribution < 1.29 is 14.3 Å². The minimum absolute atomic E-state index is 0.0961. The van der Waals surface area contributed by atoms with E-state index in [4.69, 9.17) is 5.11 Å². The van der Waals surface area contributed by atoms with Crippen LogP contribution in [0.5, 0.6) is 0 Å². The minimum Gasteiger partial charge on any atom is -0.481 e. The van der Waals surface area contributed by atoms with Crippen molar-refractivity contribution in [2.75, 3.05) is 13.1 Å². The molecule has 1 N–H and O–H groups in total. The average molecular weight is 293 g/mol. The molecule has 0 radical (unpaired) electrons. The molecule has 3 nitrogen and oxygen atoms in total. The zero-order valence-electron chi connectivity index (χ0n) is 12.6. The molecule has 1 aliphatic heterocycles. The van der Waals surface area contributed by atoms with Crippen molar-refractivity contribution in [1.82, 2.24) is 4.90 Å². The number of piperidine rings is 1. The summed E-state index contributed by atoms with van der Waals surface area (Å²) in [5, 5.41) is 8.82. The lowest BCUT2D eigenvalue weighted by molar-refractivity contribution is -0.137. The Morgan fingerprint density at radius 3 is 2.90 bits per heavy atom. The highest BCUT2D eigenvalue weighted by atomic mass is 19.1. The summed E-state index contributed by atoms with van der Waals surface area (Å²) in [6, 6.07) is 7.08. The fraction of sp³-hybridized carbons (Fsp3) is 0.588. The van der Waals surface area contributed by atoms with Crippen LogP contribution in [0.4, 0.5) is 4.39 Å². The molecule has 1 aromatic carbocycles. The number of benzene rings is 1. The van der Waals surface area contributed by atoms with Crippen LogP contribution in [0.25, 0.3) is 0 Å². The molecule has 1 heterocycles. The molecule has 1 aliphatic rings. The van der Waals surface area contributed by atoms with Crippen LogP contribution in [0.3, 0.4) is 0 Å². The number of carboxylic acid groups (broad SMARTS) is 1. The minimum atomic E-state index is -0.728. The van der Waals surface area contributed by atoms with Gasteiger partial charge in [-0.3, -0.25) is 9.69 Å². The Labute approximate surface area is 125 Å². The van der Waals surface area contributed by atoms with Crippen LogP contribution in [-0.2, 0) is 4.79 Å². The molecule has 2 unspecified atom stereocenters. The van der Waals surface area contributed by atoms with E-state index in [2.05, 4.69) is 11.8 Å². The SMILES string of the molecule is CCC(c1ccccc1F)N1CCCC(CCC(=O)O)C1. The van der Waals surface area contributed by atoms with E-state index >= 15 is 0 Å². The molecule has 4 heteroatoms. The quantitative estimate of drug-likeness (QED) is 0.866. The predicted molar refractivity (Wildman–Crippen MR) is 80.6 cm³/mol. The number of hydrogen-bond donors (Lipinski definition) is 1. The van der Waals surface area contributed by atoms with E-state index in [1.807, 2.05) is 12.1 Å². The maximum Gasteiger partial charge on any atom is 0.303 e. The molecule has 2 atom stereocenters. The van der Waals surface area contributed by atoms with E-state index in [0.29, 0.717) is 5.92 Å². The zero-order chi connectivity index (χ0) is 15.2. The van der Waals surface area contributed by atoms with Gasteiger partial charge in [-0.1, -0.05) is 25.1 Å². The molecule has 116 valence electrons. The molecule has 0 bridgehead atoms. The van der Waals surface area contributed by atoms with Gasteiger partial charge in [0.15, 0.2) is 0 Å². The summed E-state index contributed by atoms with van der Waals surface area (Å²) >= 11 is 0. The van der Waals surface area contributed by atoms with E-state index in [1.165, 1.54) is 6.07 Å². The van der Waals surface area contributed by atoms with Crippen molar-refractivity contribution in [3.63, 3.8) is 0 Å². The monoisotopic (exact) mass is 293 g/mol. The maximum absolute atomic E-state index is 14.0. The number of carboxylic acids is 1. The van der Waals surface area contributed by atoms with Gasteiger partial charge >= 0.3 is 5.97 Å². The molecule has 0 amide bonds. The Kier molecular flexibility index (Phi) is 5.74. The van der Waals surface area contributed by atoms with Crippen LogP contribution in [-0.4, -0.2) is 29.1 Å². The lowest BCUT2D eigenvalue weighted by Gasteiger charge is -2.38. The van der Waals surface area contributed by atoms with Gasteiger partial charge in [0.05, 0.1) is 0 Å². The van der Waals surface area contributed by atoms with E-state index in [-0.39, 0.29) is 18.3 Å². The Bertz CT molecular complexity index is 478. The Morgan fingerprint density at radius 1 is 1.48 bits per heavy atom. The number of carbonyl (C=O) groups is 1. The summed E-state index contributed by atoms with van der Waals surface area (Å²) in [5.74, 6) is -0.457. The Morgan fingerprint density at radius 2 is 2.24 bits per heavy atom. The first-order chi connectivity index (χ1) is 10.1. The zero-order valence-corrected chi connectivity index (χ0v) is 12.6. The summed E-state index contributed by atoms with van der Waals surface area (Å²) in [6.45, 7) is 3.93. The molecule has 1 fully saturated rings. The van der Waals surface area contributed by atoms with Gasteiger partial charge in [-0.05, 0) is 44.2 Å². The van der Waals surface area contributed by atoms with Crippen molar-refractivity contribution >= 4 is 5.97 Å². The third kappa shape index (κ3) is 4.27. The van der Waals surface area contributed by atoms with Gasteiger partial charge in [-0.25, -0.2) is 4.39 Å². The van der Waals surface area contributed by atoms with Crippen LogP contribution >= 0.6 is 0 Å². The summed E-state index contributed by atoms with van der Waals surface area (Å²) in [7, 11) is 0. The van der Waals surface area contributed by atoms with Crippen LogP contribution in [0.2, 0.25) is 0 Å². The molecule has 21 heavy (non-hydrogen) atoms. The van der Waals surface area contributed by atoms with Gasteiger partial charge in [0.2, 0.25) is 0 Å². The largest absolute Gasteiger partial charge is 0.481 e. The van der Waals surface area contributed by atoms with Crippen molar-refractivity contribution in [2.45, 2.75) is 45.1 Å². The second-order valence-corrected chi connectivity index (χ2v) is 5.88. The van der Waals surface area contributed by atoms with Crippen LogP contribution in [0, 0.1) is 11.7 Å². The predicted octanol–water partition coefficient (Wildman–Crippen LogP) is 3.85. The third-order valence-electron chi connectivity index (χ3n) is 4.41. The first-order valence-corrected chi connectivity index (χ1v) is 7.82. The number of likely N-dealkylation sites (tertiary alicyclic amines) is 1. The molecule has 1 aromatic rings. The summed E-state index contributed by atoms with van der Waals surface area (Å²) in [6.07, 6.45) is 3.97. The van der Waals surface area contributed by atoms with Crippen LogP contribution in [0.15, 0.2) is 24.3 Å². The number of hydrogen-bond acceptors (Lipinski definition) is 2. The molecule has 0 aromatic heterocycles. The molecule has 0 saturated carbocycles. The van der Waals surface area contributed by atoms with Crippen LogP contribution in [0.1, 0.15) is 50.6 Å². The van der Waals surface area contributed by atoms with Crippen molar-refractivity contribution in [3.05, 3.63) is 35.6 Å². The van der Waals surface area contributed by atoms with Crippen molar-refractivity contribution in [2.24, 2.45) is 5.92 Å². The van der Waals surface area contributed by atoms with Gasteiger partial charge in [-0.2, -0.15) is 0 Å². The first-order valence-electron chi connectivity index (χ1n) is 7.82. The molecule has 2 rings (SSSR count). The topological polar surface area (TPSA) is 40.5 Å². The molecule has 0 spiro atoms. The van der Waals surface area contributed by atoms with Gasteiger partial charge in [0, 0.05) is 24.6 Å².